The first kappa shape index (κ1) is 15.9. The number of hydrogen-bond donors (Lipinski definition) is 2. The van der Waals surface area contributed by atoms with Crippen molar-refractivity contribution in [1.82, 2.24) is 4.31 Å². The van der Waals surface area contributed by atoms with Crippen LogP contribution in [0.3, 0.4) is 0 Å². The smallest absolute Gasteiger partial charge is 0.301 e. The minimum absolute atomic E-state index is 0.383. The van der Waals surface area contributed by atoms with Crippen LogP contribution in [-0.4, -0.2) is 32.9 Å². The molecule has 8 heteroatoms. The molecule has 1 aromatic rings. The van der Waals surface area contributed by atoms with Crippen molar-refractivity contribution in [3.8, 4) is 0 Å². The van der Waals surface area contributed by atoms with E-state index in [1.165, 1.54) is 11.4 Å². The molecule has 0 heterocycles. The van der Waals surface area contributed by atoms with E-state index >= 15 is 0 Å². The zero-order chi connectivity index (χ0) is 13.8. The van der Waals surface area contributed by atoms with Crippen molar-refractivity contribution in [3.05, 3.63) is 27.1 Å². The zero-order valence-corrected chi connectivity index (χ0v) is 13.8. The predicted octanol–water partition coefficient (Wildman–Crippen LogP) is 2.15. The van der Waals surface area contributed by atoms with Crippen molar-refractivity contribution < 1.29 is 8.42 Å². The molecule has 3 N–H and O–H groups in total. The average Bonchev–Trinajstić information content (AvgIpc) is 2.31. The summed E-state index contributed by atoms with van der Waals surface area (Å²) in [5.41, 5.74) is 5.85. The van der Waals surface area contributed by atoms with Crippen molar-refractivity contribution in [2.75, 3.05) is 24.9 Å². The molecule has 0 bridgehead atoms. The molecule has 1 aromatic carbocycles. The van der Waals surface area contributed by atoms with Gasteiger partial charge in [0.2, 0.25) is 0 Å². The molecule has 1 rings (SSSR count). The highest BCUT2D eigenvalue weighted by molar-refractivity contribution is 9.11. The van der Waals surface area contributed by atoms with E-state index in [0.29, 0.717) is 34.1 Å². The van der Waals surface area contributed by atoms with E-state index in [-0.39, 0.29) is 0 Å². The Bertz CT molecular complexity index is 488. The molecule has 0 aliphatic heterocycles. The van der Waals surface area contributed by atoms with Gasteiger partial charge in [0.15, 0.2) is 0 Å². The zero-order valence-electron chi connectivity index (χ0n) is 9.86. The number of benzene rings is 1. The van der Waals surface area contributed by atoms with Crippen LogP contribution in [0.2, 0.25) is 0 Å². The number of para-hydroxylation sites is 1. The summed E-state index contributed by atoms with van der Waals surface area (Å²) < 4.78 is 29.2. The third-order valence-electron chi connectivity index (χ3n) is 2.28. The number of nitrogens with zero attached hydrogens (tertiary/aromatic N) is 1. The van der Waals surface area contributed by atoms with E-state index in [9.17, 15) is 8.42 Å². The van der Waals surface area contributed by atoms with Crippen LogP contribution in [0.1, 0.15) is 6.42 Å². The standard InChI is InChI=1S/C10H15Br2N3O2S/c1-15(7-3-6-13)18(16,17)14-10-8(11)4-2-5-9(10)12/h2,4-5,14H,3,6-7,13H2,1H3. The Kier molecular flexibility index (Phi) is 6.06. The lowest BCUT2D eigenvalue weighted by Gasteiger charge is -2.19. The van der Waals surface area contributed by atoms with Crippen LogP contribution in [0, 0.1) is 0 Å². The van der Waals surface area contributed by atoms with Crippen LogP contribution >= 0.6 is 31.9 Å². The number of rotatable bonds is 6. The number of nitrogens with two attached hydrogens (primary N) is 1. The topological polar surface area (TPSA) is 75.4 Å². The quantitative estimate of drug-likeness (QED) is 0.768. The Morgan fingerprint density at radius 2 is 1.89 bits per heavy atom. The number of nitrogens with one attached hydrogen (secondary N) is 1. The van der Waals surface area contributed by atoms with Gasteiger partial charge < -0.3 is 5.73 Å². The maximum Gasteiger partial charge on any atom is 0.301 e. The highest BCUT2D eigenvalue weighted by atomic mass is 79.9. The average molecular weight is 401 g/mol. The van der Waals surface area contributed by atoms with Gasteiger partial charge in [-0.05, 0) is 57.0 Å². The fraction of sp³-hybridized carbons (Fsp3) is 0.400. The second-order valence-electron chi connectivity index (χ2n) is 3.67. The third-order valence-corrected chi connectivity index (χ3v) is 5.07. The molecule has 18 heavy (non-hydrogen) atoms. The molecule has 0 amide bonds. The molecular weight excluding hydrogens is 386 g/mol. The summed E-state index contributed by atoms with van der Waals surface area (Å²) in [5, 5.41) is 0. The molecule has 0 saturated carbocycles. The fourth-order valence-corrected chi connectivity index (χ4v) is 3.70. The van der Waals surface area contributed by atoms with Gasteiger partial charge >= 0.3 is 10.2 Å². The molecule has 102 valence electrons. The van der Waals surface area contributed by atoms with Gasteiger partial charge in [0.1, 0.15) is 0 Å². The maximum absolute atomic E-state index is 12.0. The van der Waals surface area contributed by atoms with E-state index in [2.05, 4.69) is 36.6 Å². The van der Waals surface area contributed by atoms with E-state index in [1.54, 1.807) is 12.1 Å². The molecule has 0 aromatic heterocycles. The second-order valence-corrected chi connectivity index (χ2v) is 7.15. The Morgan fingerprint density at radius 3 is 2.39 bits per heavy atom. The highest BCUT2D eigenvalue weighted by Crippen LogP contribution is 2.31. The molecule has 0 fully saturated rings. The predicted molar refractivity (Wildman–Crippen MR) is 80.7 cm³/mol. The molecule has 0 saturated heterocycles. The van der Waals surface area contributed by atoms with Crippen molar-refractivity contribution in [2.45, 2.75) is 6.42 Å². The van der Waals surface area contributed by atoms with Crippen LogP contribution in [-0.2, 0) is 10.2 Å². The summed E-state index contributed by atoms with van der Waals surface area (Å²) in [4.78, 5) is 0. The SMILES string of the molecule is CN(CCCN)S(=O)(=O)Nc1c(Br)cccc1Br. The Labute approximate surface area is 124 Å². The summed E-state index contributed by atoms with van der Waals surface area (Å²) in [6, 6.07) is 5.34. The van der Waals surface area contributed by atoms with Gasteiger partial charge in [-0.3, -0.25) is 4.72 Å². The van der Waals surface area contributed by atoms with Gasteiger partial charge in [-0.2, -0.15) is 12.7 Å². The largest absolute Gasteiger partial charge is 0.330 e. The molecule has 0 atom stereocenters. The fourth-order valence-electron chi connectivity index (χ4n) is 1.24. The van der Waals surface area contributed by atoms with Crippen molar-refractivity contribution in [3.63, 3.8) is 0 Å². The van der Waals surface area contributed by atoms with E-state index in [4.69, 9.17) is 5.73 Å². The Morgan fingerprint density at radius 1 is 1.33 bits per heavy atom. The summed E-state index contributed by atoms with van der Waals surface area (Å²) in [6.07, 6.45) is 0.620. The molecule has 0 unspecified atom stereocenters. The van der Waals surface area contributed by atoms with Crippen LogP contribution in [0.25, 0.3) is 0 Å². The van der Waals surface area contributed by atoms with Crippen LogP contribution in [0.5, 0.6) is 0 Å². The highest BCUT2D eigenvalue weighted by Gasteiger charge is 2.19. The Balaban J connectivity index is 2.89. The first-order valence-electron chi connectivity index (χ1n) is 5.26. The lowest BCUT2D eigenvalue weighted by Crippen LogP contribution is -2.34. The molecule has 0 aliphatic rings. The summed E-state index contributed by atoms with van der Waals surface area (Å²) >= 11 is 6.61. The van der Waals surface area contributed by atoms with Crippen LogP contribution in [0.4, 0.5) is 5.69 Å². The van der Waals surface area contributed by atoms with Gasteiger partial charge in [0.05, 0.1) is 5.69 Å². The second kappa shape index (κ2) is 6.85. The summed E-state index contributed by atoms with van der Waals surface area (Å²) in [5.74, 6) is 0. The summed E-state index contributed by atoms with van der Waals surface area (Å²) in [7, 11) is -2.05. The number of anilines is 1. The minimum atomic E-state index is -3.56. The molecular formula is C10H15Br2N3O2S. The Hall–Kier alpha value is -0.150. The van der Waals surface area contributed by atoms with Crippen molar-refractivity contribution in [2.24, 2.45) is 5.73 Å². The molecule has 5 nitrogen and oxygen atoms in total. The van der Waals surface area contributed by atoms with Crippen LogP contribution in [0.15, 0.2) is 27.1 Å². The van der Waals surface area contributed by atoms with Crippen molar-refractivity contribution in [1.29, 1.82) is 0 Å². The van der Waals surface area contributed by atoms with Gasteiger partial charge in [-0.1, -0.05) is 6.07 Å². The van der Waals surface area contributed by atoms with Crippen molar-refractivity contribution >= 4 is 47.8 Å². The van der Waals surface area contributed by atoms with Gasteiger partial charge in [0.25, 0.3) is 0 Å². The lowest BCUT2D eigenvalue weighted by atomic mass is 10.3. The van der Waals surface area contributed by atoms with Crippen LogP contribution < -0.4 is 10.5 Å². The van der Waals surface area contributed by atoms with E-state index < -0.39 is 10.2 Å². The van der Waals surface area contributed by atoms with Gasteiger partial charge in [-0.25, -0.2) is 0 Å². The normalized spacial score (nSPS) is 11.8. The molecule has 0 aliphatic carbocycles. The van der Waals surface area contributed by atoms with E-state index in [0.717, 1.165) is 0 Å². The first-order valence-corrected chi connectivity index (χ1v) is 8.29. The summed E-state index contributed by atoms with van der Waals surface area (Å²) in [6.45, 7) is 0.840. The maximum atomic E-state index is 12.0. The molecule has 0 spiro atoms. The minimum Gasteiger partial charge on any atom is -0.330 e. The van der Waals surface area contributed by atoms with Gasteiger partial charge in [0, 0.05) is 22.5 Å². The first-order chi connectivity index (χ1) is 8.38. The number of hydrogen-bond acceptors (Lipinski definition) is 3. The van der Waals surface area contributed by atoms with Gasteiger partial charge in [-0.15, -0.1) is 0 Å². The number of halogens is 2. The monoisotopic (exact) mass is 399 g/mol. The van der Waals surface area contributed by atoms with E-state index in [1.807, 2.05) is 6.07 Å². The molecule has 0 radical (unpaired) electrons. The lowest BCUT2D eigenvalue weighted by molar-refractivity contribution is 0.468. The third kappa shape index (κ3) is 4.20.